The molecular formula is C19H27N3O3. The first-order chi connectivity index (χ1) is 12.0. The van der Waals surface area contributed by atoms with Crippen molar-refractivity contribution in [1.29, 1.82) is 0 Å². The number of fused-ring (bicyclic) bond motifs is 4. The Morgan fingerprint density at radius 1 is 1.12 bits per heavy atom. The molecule has 6 heteroatoms. The van der Waals surface area contributed by atoms with Gasteiger partial charge in [-0.3, -0.25) is 4.79 Å². The summed E-state index contributed by atoms with van der Waals surface area (Å²) in [4.78, 5) is 30.5. The fourth-order valence-electron chi connectivity index (χ4n) is 3.74. The van der Waals surface area contributed by atoms with Crippen molar-refractivity contribution in [2.24, 2.45) is 5.92 Å². The maximum atomic E-state index is 12.7. The van der Waals surface area contributed by atoms with Crippen molar-refractivity contribution in [2.45, 2.75) is 25.3 Å². The number of nitrogens with zero attached hydrogens (tertiary/aromatic N) is 3. The minimum Gasteiger partial charge on any atom is -0.493 e. The molecule has 3 fully saturated rings. The molecule has 25 heavy (non-hydrogen) atoms. The summed E-state index contributed by atoms with van der Waals surface area (Å²) in [5.41, 5.74) is 0. The topological polar surface area (TPSA) is 53.1 Å². The van der Waals surface area contributed by atoms with Gasteiger partial charge in [0.05, 0.1) is 13.0 Å². The van der Waals surface area contributed by atoms with Crippen molar-refractivity contribution in [3.05, 3.63) is 30.3 Å². The summed E-state index contributed by atoms with van der Waals surface area (Å²) in [5, 5.41) is 0. The number of hydrogen-bond donors (Lipinski definition) is 0. The Morgan fingerprint density at radius 3 is 2.60 bits per heavy atom. The van der Waals surface area contributed by atoms with Gasteiger partial charge in [0.15, 0.2) is 0 Å². The number of hydrogen-bond acceptors (Lipinski definition) is 3. The van der Waals surface area contributed by atoms with E-state index in [4.69, 9.17) is 4.74 Å². The lowest BCUT2D eigenvalue weighted by Gasteiger charge is -2.36. The number of rotatable bonds is 4. The molecule has 136 valence electrons. The van der Waals surface area contributed by atoms with E-state index in [-0.39, 0.29) is 18.0 Å². The van der Waals surface area contributed by atoms with Gasteiger partial charge in [-0.15, -0.1) is 0 Å². The highest BCUT2D eigenvalue weighted by Crippen LogP contribution is 2.29. The molecule has 3 heterocycles. The van der Waals surface area contributed by atoms with Crippen LogP contribution >= 0.6 is 0 Å². The van der Waals surface area contributed by atoms with Gasteiger partial charge in [0, 0.05) is 39.8 Å². The summed E-state index contributed by atoms with van der Waals surface area (Å²) in [6, 6.07) is 9.73. The van der Waals surface area contributed by atoms with Crippen LogP contribution in [0, 0.1) is 5.92 Å². The van der Waals surface area contributed by atoms with E-state index < -0.39 is 0 Å². The van der Waals surface area contributed by atoms with Crippen LogP contribution in [0.1, 0.15) is 19.3 Å². The molecule has 2 atom stereocenters. The third-order valence-electron chi connectivity index (χ3n) is 5.01. The molecule has 2 bridgehead atoms. The molecule has 6 nitrogen and oxygen atoms in total. The van der Waals surface area contributed by atoms with Crippen molar-refractivity contribution < 1.29 is 14.3 Å². The maximum Gasteiger partial charge on any atom is 0.319 e. The molecule has 3 amide bonds. The van der Waals surface area contributed by atoms with Gasteiger partial charge < -0.3 is 19.4 Å². The number of amides is 3. The Hall–Kier alpha value is -2.24. The standard InChI is InChI=1S/C19H27N3O3/c1-20(2)19(24)21-12-15-8-9-16(14-21)22(13-15)18(23)10-11-25-17-6-4-3-5-7-17/h3-7,15-16H,8-14H2,1-2H3/t15-,16+/m0/s1. The van der Waals surface area contributed by atoms with Gasteiger partial charge in [-0.05, 0) is 30.9 Å². The molecule has 4 rings (SSSR count). The first-order valence-electron chi connectivity index (χ1n) is 8.98. The van der Waals surface area contributed by atoms with E-state index >= 15 is 0 Å². The minimum atomic E-state index is 0.0404. The van der Waals surface area contributed by atoms with Crippen molar-refractivity contribution in [3.63, 3.8) is 0 Å². The third kappa shape index (κ3) is 4.24. The van der Waals surface area contributed by atoms with Gasteiger partial charge in [-0.1, -0.05) is 18.2 Å². The SMILES string of the molecule is CN(C)C(=O)N1C[C@@H]2CC[C@H](C1)N(C(=O)CCOc1ccccc1)C2. The van der Waals surface area contributed by atoms with Gasteiger partial charge in [0.1, 0.15) is 5.75 Å². The van der Waals surface area contributed by atoms with Crippen LogP contribution in [0.3, 0.4) is 0 Å². The molecule has 0 spiro atoms. The lowest BCUT2D eigenvalue weighted by atomic mass is 9.95. The maximum absolute atomic E-state index is 12.7. The van der Waals surface area contributed by atoms with Crippen molar-refractivity contribution in [3.8, 4) is 5.75 Å². The smallest absolute Gasteiger partial charge is 0.319 e. The van der Waals surface area contributed by atoms with Crippen LogP contribution < -0.4 is 4.74 Å². The second kappa shape index (κ2) is 7.76. The summed E-state index contributed by atoms with van der Waals surface area (Å²) in [7, 11) is 3.55. The highest BCUT2D eigenvalue weighted by Gasteiger charge is 2.38. The zero-order chi connectivity index (χ0) is 17.8. The normalized spacial score (nSPS) is 22.5. The van der Waals surface area contributed by atoms with Gasteiger partial charge in [0.25, 0.3) is 0 Å². The van der Waals surface area contributed by atoms with Gasteiger partial charge >= 0.3 is 6.03 Å². The van der Waals surface area contributed by atoms with E-state index in [1.807, 2.05) is 40.1 Å². The third-order valence-corrected chi connectivity index (χ3v) is 5.01. The van der Waals surface area contributed by atoms with Crippen LogP contribution in [-0.2, 0) is 4.79 Å². The quantitative estimate of drug-likeness (QED) is 0.839. The summed E-state index contributed by atoms with van der Waals surface area (Å²) in [6.45, 7) is 2.53. The van der Waals surface area contributed by atoms with E-state index in [1.165, 1.54) is 0 Å². The molecule has 1 aromatic rings. The van der Waals surface area contributed by atoms with Crippen LogP contribution in [0.2, 0.25) is 0 Å². The highest BCUT2D eigenvalue weighted by atomic mass is 16.5. The Kier molecular flexibility index (Phi) is 5.46. The van der Waals surface area contributed by atoms with Crippen LogP contribution in [0.4, 0.5) is 4.79 Å². The van der Waals surface area contributed by atoms with Gasteiger partial charge in [-0.2, -0.15) is 0 Å². The molecule has 0 N–H and O–H groups in total. The molecule has 3 aliphatic heterocycles. The molecule has 1 aromatic carbocycles. The van der Waals surface area contributed by atoms with Crippen molar-refractivity contribution in [2.75, 3.05) is 40.3 Å². The lowest BCUT2D eigenvalue weighted by Crippen LogP contribution is -2.48. The first kappa shape index (κ1) is 17.6. The average Bonchev–Trinajstić information content (AvgIpc) is 2.93. The van der Waals surface area contributed by atoms with E-state index in [2.05, 4.69) is 0 Å². The predicted molar refractivity (Wildman–Crippen MR) is 95.4 cm³/mol. The number of piperidine rings is 1. The monoisotopic (exact) mass is 345 g/mol. The van der Waals surface area contributed by atoms with Crippen molar-refractivity contribution >= 4 is 11.9 Å². The first-order valence-corrected chi connectivity index (χ1v) is 8.98. The molecular weight excluding hydrogens is 318 g/mol. The van der Waals surface area contributed by atoms with Crippen molar-refractivity contribution in [1.82, 2.24) is 14.7 Å². The number of para-hydroxylation sites is 1. The number of urea groups is 1. The second-order valence-corrected chi connectivity index (χ2v) is 7.14. The van der Waals surface area contributed by atoms with E-state index in [0.717, 1.165) is 31.7 Å². The summed E-state index contributed by atoms with van der Waals surface area (Å²) < 4.78 is 5.65. The van der Waals surface area contributed by atoms with E-state index in [1.54, 1.807) is 19.0 Å². The second-order valence-electron chi connectivity index (χ2n) is 7.14. The zero-order valence-corrected chi connectivity index (χ0v) is 15.1. The van der Waals surface area contributed by atoms with Gasteiger partial charge in [0.2, 0.25) is 5.91 Å². The molecule has 0 aliphatic carbocycles. The van der Waals surface area contributed by atoms with Crippen LogP contribution in [0.15, 0.2) is 30.3 Å². The number of carbonyl (C=O) groups excluding carboxylic acids is 2. The zero-order valence-electron chi connectivity index (χ0n) is 15.1. The summed E-state index contributed by atoms with van der Waals surface area (Å²) in [5.74, 6) is 1.29. The van der Waals surface area contributed by atoms with Crippen LogP contribution in [-0.4, -0.2) is 73.0 Å². The van der Waals surface area contributed by atoms with Gasteiger partial charge in [-0.25, -0.2) is 4.79 Å². The predicted octanol–water partition coefficient (Wildman–Crippen LogP) is 2.06. The largest absolute Gasteiger partial charge is 0.493 e. The molecule has 3 aliphatic rings. The summed E-state index contributed by atoms with van der Waals surface area (Å²) >= 11 is 0. The molecule has 0 saturated carbocycles. The molecule has 3 saturated heterocycles. The Bertz CT molecular complexity index is 605. The fourth-order valence-corrected chi connectivity index (χ4v) is 3.74. The Balaban J connectivity index is 1.55. The fraction of sp³-hybridized carbons (Fsp3) is 0.579. The lowest BCUT2D eigenvalue weighted by molar-refractivity contribution is -0.135. The number of benzene rings is 1. The average molecular weight is 345 g/mol. The number of carbonyl (C=O) groups is 2. The van der Waals surface area contributed by atoms with Crippen LogP contribution in [0.5, 0.6) is 5.75 Å². The van der Waals surface area contributed by atoms with Crippen LogP contribution in [0.25, 0.3) is 0 Å². The minimum absolute atomic E-state index is 0.0404. The molecule has 0 unspecified atom stereocenters. The van der Waals surface area contributed by atoms with E-state index in [9.17, 15) is 9.59 Å². The van der Waals surface area contributed by atoms with E-state index in [0.29, 0.717) is 25.5 Å². The molecule has 0 radical (unpaired) electrons. The Labute approximate surface area is 149 Å². The Morgan fingerprint density at radius 2 is 1.88 bits per heavy atom. The highest BCUT2D eigenvalue weighted by molar-refractivity contribution is 5.77. The molecule has 0 aromatic heterocycles. The summed E-state index contributed by atoms with van der Waals surface area (Å²) in [6.07, 6.45) is 2.44. The number of ether oxygens (including phenoxy) is 1.